The fourth-order valence-electron chi connectivity index (χ4n) is 6.24. The largest absolute Gasteiger partial charge is 0.444 e. The molecule has 1 saturated carbocycles. The van der Waals surface area contributed by atoms with Crippen molar-refractivity contribution < 1.29 is 9.53 Å². The highest BCUT2D eigenvalue weighted by molar-refractivity contribution is 5.87. The molecule has 0 N–H and O–H groups in total. The Morgan fingerprint density at radius 3 is 2.29 bits per heavy atom. The Labute approximate surface area is 245 Å². The summed E-state index contributed by atoms with van der Waals surface area (Å²) >= 11 is 0. The van der Waals surface area contributed by atoms with Crippen molar-refractivity contribution in [2.45, 2.75) is 32.8 Å². The van der Waals surface area contributed by atoms with Crippen molar-refractivity contribution in [3.8, 4) is 28.3 Å². The number of amides is 1. The van der Waals surface area contributed by atoms with Crippen LogP contribution >= 0.6 is 0 Å². The number of anilines is 2. The molecule has 1 aliphatic carbocycles. The molecule has 9 heteroatoms. The van der Waals surface area contributed by atoms with Crippen LogP contribution in [-0.4, -0.2) is 70.5 Å². The first kappa shape index (κ1) is 26.3. The number of pyridine rings is 2. The minimum atomic E-state index is -0.493. The van der Waals surface area contributed by atoms with E-state index in [-0.39, 0.29) is 6.09 Å². The highest BCUT2D eigenvalue weighted by Gasteiger charge is 2.45. The number of rotatable bonds is 4. The third-order valence-electron chi connectivity index (χ3n) is 8.59. The third-order valence-corrected chi connectivity index (χ3v) is 8.59. The maximum Gasteiger partial charge on any atom is 0.410 e. The van der Waals surface area contributed by atoms with Gasteiger partial charge in [-0.3, -0.25) is 0 Å². The van der Waals surface area contributed by atoms with Crippen LogP contribution in [-0.2, 0) is 4.74 Å². The molecule has 0 spiro atoms. The first-order chi connectivity index (χ1) is 20.3. The number of carbonyl (C=O) groups is 1. The topological polar surface area (TPSA) is 90.0 Å². The van der Waals surface area contributed by atoms with Crippen LogP contribution < -0.4 is 9.80 Å². The van der Waals surface area contributed by atoms with Crippen molar-refractivity contribution in [3.05, 3.63) is 66.6 Å². The predicted octanol–water partition coefficient (Wildman–Crippen LogP) is 5.45. The van der Waals surface area contributed by atoms with Gasteiger partial charge in [-0.2, -0.15) is 10.4 Å². The van der Waals surface area contributed by atoms with Crippen molar-refractivity contribution in [1.29, 1.82) is 5.26 Å². The summed E-state index contributed by atoms with van der Waals surface area (Å²) in [6.45, 7) is 10.6. The van der Waals surface area contributed by atoms with E-state index in [2.05, 4.69) is 63.4 Å². The number of piperazine rings is 1. The van der Waals surface area contributed by atoms with E-state index < -0.39 is 5.60 Å². The van der Waals surface area contributed by atoms with Gasteiger partial charge in [0.15, 0.2) is 0 Å². The van der Waals surface area contributed by atoms with E-state index in [1.165, 1.54) is 6.42 Å². The number of piperidine rings is 1. The maximum atomic E-state index is 12.4. The van der Waals surface area contributed by atoms with Gasteiger partial charge in [-0.25, -0.2) is 14.3 Å². The zero-order chi connectivity index (χ0) is 29.0. The third kappa shape index (κ3) is 5.02. The number of ether oxygens (including phenoxy) is 1. The summed E-state index contributed by atoms with van der Waals surface area (Å²) < 4.78 is 7.34. The number of fused-ring (bicyclic) bond motifs is 2. The van der Waals surface area contributed by atoms with Crippen LogP contribution in [0.3, 0.4) is 0 Å². The first-order valence-corrected chi connectivity index (χ1v) is 14.7. The van der Waals surface area contributed by atoms with Crippen molar-refractivity contribution in [2.75, 3.05) is 49.1 Å². The van der Waals surface area contributed by atoms with Gasteiger partial charge in [-0.15, -0.1) is 0 Å². The highest BCUT2D eigenvalue weighted by atomic mass is 16.6. The minimum absolute atomic E-state index is 0.251. The fraction of sp³-hybridized carbons (Fsp3) is 0.394. The lowest BCUT2D eigenvalue weighted by atomic mass is 9.99. The molecule has 2 aliphatic heterocycles. The summed E-state index contributed by atoms with van der Waals surface area (Å²) in [5.41, 5.74) is 5.93. The molecule has 0 radical (unpaired) electrons. The maximum absolute atomic E-state index is 12.4. The fourth-order valence-corrected chi connectivity index (χ4v) is 6.24. The Hall–Kier alpha value is -4.58. The normalized spacial score (nSPS) is 20.0. The molecule has 1 amide bonds. The molecule has 1 aromatic carbocycles. The molecule has 2 unspecified atom stereocenters. The lowest BCUT2D eigenvalue weighted by Gasteiger charge is -2.36. The number of carbonyl (C=O) groups excluding carboxylic acids is 1. The van der Waals surface area contributed by atoms with Gasteiger partial charge in [0.1, 0.15) is 17.5 Å². The summed E-state index contributed by atoms with van der Waals surface area (Å²) in [6, 6.07) is 17.1. The molecule has 0 bridgehead atoms. The van der Waals surface area contributed by atoms with Crippen LogP contribution in [0, 0.1) is 23.2 Å². The SMILES string of the molecule is CC(C)(C)OC(=O)N1CCN(c2ccc(-c3cc(-c4ccc(N5CC6CC6C5)nc4)c4c(C#N)cnn4c3)cc2)CC1. The number of hydrogen-bond acceptors (Lipinski definition) is 7. The average molecular weight is 562 g/mol. The molecule has 4 aromatic rings. The quantitative estimate of drug-likeness (QED) is 0.327. The van der Waals surface area contributed by atoms with Gasteiger partial charge >= 0.3 is 6.09 Å². The second-order valence-electron chi connectivity index (χ2n) is 12.7. The molecule has 5 heterocycles. The van der Waals surface area contributed by atoms with Crippen LogP contribution in [0.4, 0.5) is 16.3 Å². The highest BCUT2D eigenvalue weighted by Crippen LogP contribution is 2.46. The van der Waals surface area contributed by atoms with Crippen molar-refractivity contribution in [3.63, 3.8) is 0 Å². The van der Waals surface area contributed by atoms with Gasteiger partial charge in [0.2, 0.25) is 0 Å². The molecular weight excluding hydrogens is 526 g/mol. The van der Waals surface area contributed by atoms with E-state index >= 15 is 0 Å². The number of hydrogen-bond donors (Lipinski definition) is 0. The van der Waals surface area contributed by atoms with Crippen LogP contribution in [0.15, 0.2) is 61.1 Å². The van der Waals surface area contributed by atoms with Gasteiger partial charge in [0, 0.05) is 74.0 Å². The average Bonchev–Trinajstić information content (AvgIpc) is 3.39. The summed E-state index contributed by atoms with van der Waals surface area (Å²) in [4.78, 5) is 23.7. The van der Waals surface area contributed by atoms with E-state index in [4.69, 9.17) is 9.72 Å². The molecule has 9 nitrogen and oxygen atoms in total. The lowest BCUT2D eigenvalue weighted by Crippen LogP contribution is -2.50. The molecule has 3 fully saturated rings. The molecule has 2 saturated heterocycles. The van der Waals surface area contributed by atoms with E-state index in [1.807, 2.05) is 33.2 Å². The van der Waals surface area contributed by atoms with E-state index in [1.54, 1.807) is 15.6 Å². The zero-order valence-corrected chi connectivity index (χ0v) is 24.3. The van der Waals surface area contributed by atoms with E-state index in [0.29, 0.717) is 18.7 Å². The zero-order valence-electron chi connectivity index (χ0n) is 24.3. The standard InChI is InChI=1S/C33H35N7O2/c1-33(2,3)42-32(41)38-12-10-37(11-13-38)28-7-4-22(5-8-28)26-15-29(31-27(16-34)18-36-40(31)21-26)23-6-9-30(35-17-23)39-19-24-14-25(24)20-39/h4-9,15,17-18,21,24-25H,10-14,19-20H2,1-3H3. The molecule has 2 atom stereocenters. The monoisotopic (exact) mass is 561 g/mol. The second kappa shape index (κ2) is 10.1. The first-order valence-electron chi connectivity index (χ1n) is 14.7. The van der Waals surface area contributed by atoms with Gasteiger partial charge in [0.25, 0.3) is 0 Å². The van der Waals surface area contributed by atoms with Crippen LogP contribution in [0.2, 0.25) is 0 Å². The van der Waals surface area contributed by atoms with E-state index in [9.17, 15) is 10.1 Å². The molecule has 7 rings (SSSR count). The van der Waals surface area contributed by atoms with Gasteiger partial charge < -0.3 is 19.4 Å². The van der Waals surface area contributed by atoms with Crippen LogP contribution in [0.25, 0.3) is 27.8 Å². The van der Waals surface area contributed by atoms with Crippen molar-refractivity contribution in [1.82, 2.24) is 19.5 Å². The molecule has 3 aromatic heterocycles. The molecular formula is C33H35N7O2. The summed E-state index contributed by atoms with van der Waals surface area (Å²) in [5, 5.41) is 14.3. The Balaban J connectivity index is 1.12. The van der Waals surface area contributed by atoms with Crippen molar-refractivity contribution >= 4 is 23.1 Å². The number of benzene rings is 1. The number of aromatic nitrogens is 3. The van der Waals surface area contributed by atoms with E-state index in [0.717, 1.165) is 77.3 Å². The summed E-state index contributed by atoms with van der Waals surface area (Å²) in [7, 11) is 0. The van der Waals surface area contributed by atoms with Gasteiger partial charge in [0.05, 0.1) is 17.3 Å². The second-order valence-corrected chi connectivity index (χ2v) is 12.7. The molecule has 42 heavy (non-hydrogen) atoms. The van der Waals surface area contributed by atoms with Gasteiger partial charge in [-0.1, -0.05) is 12.1 Å². The summed E-state index contributed by atoms with van der Waals surface area (Å²) in [6.07, 6.45) is 6.64. The predicted molar refractivity (Wildman–Crippen MR) is 162 cm³/mol. The van der Waals surface area contributed by atoms with Gasteiger partial charge in [-0.05, 0) is 74.9 Å². The summed E-state index contributed by atoms with van der Waals surface area (Å²) in [5.74, 6) is 2.72. The number of nitriles is 1. The number of nitrogens with zero attached hydrogens (tertiary/aromatic N) is 7. The van der Waals surface area contributed by atoms with Crippen molar-refractivity contribution in [2.24, 2.45) is 11.8 Å². The Morgan fingerprint density at radius 2 is 1.64 bits per heavy atom. The van der Waals surface area contributed by atoms with Crippen LogP contribution in [0.1, 0.15) is 32.8 Å². The molecule has 214 valence electrons. The lowest BCUT2D eigenvalue weighted by molar-refractivity contribution is 0.0240. The smallest absolute Gasteiger partial charge is 0.410 e. The van der Waals surface area contributed by atoms with Crippen LogP contribution in [0.5, 0.6) is 0 Å². The Bertz CT molecular complexity index is 1660. The Kier molecular flexibility index (Phi) is 6.30. The minimum Gasteiger partial charge on any atom is -0.444 e. The molecule has 3 aliphatic rings. The Morgan fingerprint density at radius 1 is 0.929 bits per heavy atom.